The predicted octanol–water partition coefficient (Wildman–Crippen LogP) is 2.99. The molecule has 1 aliphatic heterocycles. The smallest absolute Gasteiger partial charge is 0.336 e. The Bertz CT molecular complexity index is 1420. The van der Waals surface area contributed by atoms with E-state index in [2.05, 4.69) is 10.6 Å². The molecule has 0 saturated heterocycles. The Labute approximate surface area is 207 Å². The minimum absolute atomic E-state index is 0.0831. The van der Waals surface area contributed by atoms with Gasteiger partial charge in [0.15, 0.2) is 0 Å². The van der Waals surface area contributed by atoms with Crippen molar-refractivity contribution in [1.29, 1.82) is 0 Å². The minimum atomic E-state index is -4.26. The summed E-state index contributed by atoms with van der Waals surface area (Å²) < 4.78 is 32.4. The number of hydrogen-bond acceptors (Lipinski definition) is 6. The molecule has 36 heavy (non-hydrogen) atoms. The van der Waals surface area contributed by atoms with Crippen LogP contribution in [0.25, 0.3) is 0 Å². The Morgan fingerprint density at radius 1 is 0.972 bits per heavy atom. The standard InChI is InChI=1S/C25H23N3O7S/c1-35-20-9-6-17(7-10-20)14-26-24(31)19-8-11-21-22(13-19)36(33,34)28(25(32)27-21)15-18-4-2-16(3-5-18)12-23(29)30/h2-11,13H,12,14-15H2,1H3,(H,26,31)(H,27,32)(H,29,30). The molecule has 1 aliphatic rings. The van der Waals surface area contributed by atoms with Gasteiger partial charge < -0.3 is 20.5 Å². The van der Waals surface area contributed by atoms with E-state index in [1.54, 1.807) is 55.6 Å². The summed E-state index contributed by atoms with van der Waals surface area (Å²) >= 11 is 0. The van der Waals surface area contributed by atoms with Crippen molar-refractivity contribution in [3.8, 4) is 5.75 Å². The molecule has 1 heterocycles. The number of carboxylic acids is 1. The molecule has 11 heteroatoms. The van der Waals surface area contributed by atoms with Crippen molar-refractivity contribution in [2.45, 2.75) is 24.4 Å². The third-order valence-electron chi connectivity index (χ3n) is 5.60. The first-order valence-corrected chi connectivity index (χ1v) is 12.3. The third kappa shape index (κ3) is 5.31. The molecule has 0 bridgehead atoms. The van der Waals surface area contributed by atoms with Gasteiger partial charge in [-0.2, -0.15) is 0 Å². The van der Waals surface area contributed by atoms with Gasteiger partial charge >= 0.3 is 12.0 Å². The van der Waals surface area contributed by atoms with Crippen LogP contribution in [0, 0.1) is 0 Å². The fraction of sp³-hybridized carbons (Fsp3) is 0.160. The molecule has 4 rings (SSSR count). The number of carboxylic acid groups (broad SMARTS) is 1. The second-order valence-electron chi connectivity index (χ2n) is 8.07. The fourth-order valence-corrected chi connectivity index (χ4v) is 5.17. The van der Waals surface area contributed by atoms with Gasteiger partial charge in [-0.3, -0.25) is 9.59 Å². The summed E-state index contributed by atoms with van der Waals surface area (Å²) in [5.74, 6) is -0.768. The number of sulfonamides is 1. The Morgan fingerprint density at radius 2 is 1.61 bits per heavy atom. The zero-order valence-electron chi connectivity index (χ0n) is 19.2. The van der Waals surface area contributed by atoms with Crippen LogP contribution in [0.2, 0.25) is 0 Å². The lowest BCUT2D eigenvalue weighted by atomic mass is 10.1. The number of rotatable bonds is 8. The van der Waals surface area contributed by atoms with Crippen LogP contribution in [0.1, 0.15) is 27.0 Å². The molecule has 0 fully saturated rings. The molecule has 0 unspecified atom stereocenters. The Balaban J connectivity index is 1.51. The van der Waals surface area contributed by atoms with Crippen molar-refractivity contribution in [2.24, 2.45) is 0 Å². The first-order valence-electron chi connectivity index (χ1n) is 10.9. The van der Waals surface area contributed by atoms with Gasteiger partial charge in [0.25, 0.3) is 15.9 Å². The number of carbonyl (C=O) groups is 3. The molecular weight excluding hydrogens is 486 g/mol. The largest absolute Gasteiger partial charge is 0.497 e. The van der Waals surface area contributed by atoms with E-state index in [9.17, 15) is 22.8 Å². The second kappa shape index (κ2) is 10.1. The number of methoxy groups -OCH3 is 1. The molecule has 0 aromatic heterocycles. The van der Waals surface area contributed by atoms with Crippen LogP contribution in [0.15, 0.2) is 71.6 Å². The number of amides is 3. The minimum Gasteiger partial charge on any atom is -0.497 e. The maximum absolute atomic E-state index is 13.3. The van der Waals surface area contributed by atoms with Crippen LogP contribution in [-0.2, 0) is 34.3 Å². The number of benzene rings is 3. The average Bonchev–Trinajstić information content (AvgIpc) is 2.86. The van der Waals surface area contributed by atoms with E-state index in [1.165, 1.54) is 18.2 Å². The maximum atomic E-state index is 13.3. The van der Waals surface area contributed by atoms with E-state index in [-0.39, 0.29) is 35.7 Å². The topological polar surface area (TPSA) is 142 Å². The number of hydrogen-bond donors (Lipinski definition) is 3. The fourth-order valence-electron chi connectivity index (χ4n) is 3.67. The molecule has 0 saturated carbocycles. The second-order valence-corrected chi connectivity index (χ2v) is 9.90. The molecule has 0 radical (unpaired) electrons. The molecule has 3 amide bonds. The zero-order valence-corrected chi connectivity index (χ0v) is 20.0. The summed E-state index contributed by atoms with van der Waals surface area (Å²) in [6.45, 7) is -0.0255. The summed E-state index contributed by atoms with van der Waals surface area (Å²) in [5, 5.41) is 14.2. The van der Waals surface area contributed by atoms with E-state index < -0.39 is 27.9 Å². The van der Waals surface area contributed by atoms with Crippen molar-refractivity contribution in [3.05, 3.63) is 89.0 Å². The summed E-state index contributed by atoms with van der Waals surface area (Å²) in [6, 6.07) is 16.6. The lowest BCUT2D eigenvalue weighted by molar-refractivity contribution is -0.136. The van der Waals surface area contributed by atoms with Crippen molar-refractivity contribution in [2.75, 3.05) is 12.4 Å². The number of urea groups is 1. The van der Waals surface area contributed by atoms with Gasteiger partial charge in [0.2, 0.25) is 0 Å². The van der Waals surface area contributed by atoms with Gasteiger partial charge in [-0.05, 0) is 47.0 Å². The molecule has 10 nitrogen and oxygen atoms in total. The normalized spacial score (nSPS) is 13.9. The van der Waals surface area contributed by atoms with Crippen LogP contribution in [-0.4, -0.2) is 42.8 Å². The Morgan fingerprint density at radius 3 is 2.25 bits per heavy atom. The Kier molecular flexibility index (Phi) is 6.93. The first kappa shape index (κ1) is 24.7. The number of ether oxygens (including phenoxy) is 1. The van der Waals surface area contributed by atoms with Crippen molar-refractivity contribution in [1.82, 2.24) is 9.62 Å². The molecule has 0 atom stereocenters. The highest BCUT2D eigenvalue weighted by Gasteiger charge is 2.37. The number of anilines is 1. The quantitative estimate of drug-likeness (QED) is 0.424. The van der Waals surface area contributed by atoms with E-state index >= 15 is 0 Å². The van der Waals surface area contributed by atoms with Crippen LogP contribution >= 0.6 is 0 Å². The van der Waals surface area contributed by atoms with Gasteiger partial charge in [-0.1, -0.05) is 36.4 Å². The van der Waals surface area contributed by atoms with Crippen molar-refractivity contribution in [3.63, 3.8) is 0 Å². The summed E-state index contributed by atoms with van der Waals surface area (Å²) in [4.78, 5) is 36.0. The summed E-state index contributed by atoms with van der Waals surface area (Å²) in [7, 11) is -2.70. The molecule has 0 aliphatic carbocycles. The number of nitrogens with one attached hydrogen (secondary N) is 2. The highest BCUT2D eigenvalue weighted by Crippen LogP contribution is 2.32. The summed E-state index contributed by atoms with van der Waals surface area (Å²) in [6.07, 6.45) is -0.167. The van der Waals surface area contributed by atoms with Crippen LogP contribution < -0.4 is 15.4 Å². The lowest BCUT2D eigenvalue weighted by Gasteiger charge is -2.29. The van der Waals surface area contributed by atoms with E-state index in [4.69, 9.17) is 9.84 Å². The van der Waals surface area contributed by atoms with Gasteiger partial charge in [0.1, 0.15) is 10.6 Å². The van der Waals surface area contributed by atoms with E-state index in [1.807, 2.05) is 0 Å². The molecule has 0 spiro atoms. The van der Waals surface area contributed by atoms with Gasteiger partial charge in [0.05, 0.1) is 25.8 Å². The molecule has 3 N–H and O–H groups in total. The van der Waals surface area contributed by atoms with Crippen LogP contribution in [0.4, 0.5) is 10.5 Å². The zero-order chi connectivity index (χ0) is 25.9. The average molecular weight is 510 g/mol. The lowest BCUT2D eigenvalue weighted by Crippen LogP contribution is -2.43. The molecule has 186 valence electrons. The Hall–Kier alpha value is -4.38. The molecule has 3 aromatic carbocycles. The summed E-state index contributed by atoms with van der Waals surface area (Å²) in [5.41, 5.74) is 2.09. The van der Waals surface area contributed by atoms with E-state index in [0.717, 1.165) is 5.56 Å². The molecular formula is C25H23N3O7S. The number of nitrogens with zero attached hydrogens (tertiary/aromatic N) is 1. The van der Waals surface area contributed by atoms with Crippen LogP contribution in [0.5, 0.6) is 5.75 Å². The van der Waals surface area contributed by atoms with E-state index in [0.29, 0.717) is 21.2 Å². The van der Waals surface area contributed by atoms with Gasteiger partial charge in [-0.25, -0.2) is 17.5 Å². The van der Waals surface area contributed by atoms with Crippen LogP contribution in [0.3, 0.4) is 0 Å². The SMILES string of the molecule is COc1ccc(CNC(=O)c2ccc3c(c2)S(=O)(=O)N(Cc2ccc(CC(=O)O)cc2)C(=O)N3)cc1. The number of aliphatic carboxylic acids is 1. The number of carbonyl (C=O) groups excluding carboxylic acids is 2. The van der Waals surface area contributed by atoms with Crippen molar-refractivity contribution < 1.29 is 32.6 Å². The predicted molar refractivity (Wildman–Crippen MR) is 130 cm³/mol. The van der Waals surface area contributed by atoms with Gasteiger partial charge in [0, 0.05) is 12.1 Å². The highest BCUT2D eigenvalue weighted by molar-refractivity contribution is 7.90. The maximum Gasteiger partial charge on any atom is 0.336 e. The van der Waals surface area contributed by atoms with Crippen molar-refractivity contribution >= 4 is 33.6 Å². The molecule has 3 aromatic rings. The highest BCUT2D eigenvalue weighted by atomic mass is 32.2. The number of fused-ring (bicyclic) bond motifs is 1. The first-order chi connectivity index (χ1) is 17.2. The van der Waals surface area contributed by atoms with Gasteiger partial charge in [-0.15, -0.1) is 0 Å². The monoisotopic (exact) mass is 509 g/mol. The third-order valence-corrected chi connectivity index (χ3v) is 7.37.